The van der Waals surface area contributed by atoms with E-state index in [2.05, 4.69) is 21.3 Å². The fraction of sp³-hybridized carbons (Fsp3) is 0.577. The molecule has 8 fully saturated rings. The quantitative estimate of drug-likeness (QED) is 0.0647. The summed E-state index contributed by atoms with van der Waals surface area (Å²) in [5.74, 6) is -8.35. The molecule has 532 valence electrons. The van der Waals surface area contributed by atoms with Gasteiger partial charge >= 0.3 is 5.97 Å². The summed E-state index contributed by atoms with van der Waals surface area (Å²) < 4.78 is 110. The van der Waals surface area contributed by atoms with Crippen LogP contribution >= 0.6 is 58.8 Å². The first kappa shape index (κ1) is 73.9. The van der Waals surface area contributed by atoms with Crippen LogP contribution in [-0.2, 0) is 58.5 Å². The largest absolute Gasteiger partial charge is 0.481 e. The van der Waals surface area contributed by atoms with E-state index in [1.807, 2.05) is 0 Å². The van der Waals surface area contributed by atoms with Gasteiger partial charge in [0.1, 0.15) is 29.6 Å². The van der Waals surface area contributed by atoms with E-state index in [0.717, 1.165) is 51.7 Å². The van der Waals surface area contributed by atoms with Crippen LogP contribution in [-0.4, -0.2) is 137 Å². The van der Waals surface area contributed by atoms with E-state index in [1.165, 1.54) is 24.3 Å². The number of carbonyl (C=O) groups is 6. The number of halogens is 11. The number of rotatable bonds is 14. The number of alkyl halides is 4. The second-order valence-electron chi connectivity index (χ2n) is 28.8. The average molecular weight is 1470 g/mol. The number of amides is 4. The number of nitrogens with two attached hydrogens (primary N) is 1. The van der Waals surface area contributed by atoms with Gasteiger partial charge < -0.3 is 51.1 Å². The molecule has 0 bridgehead atoms. The highest BCUT2D eigenvalue weighted by molar-refractivity contribution is 6.32. The molecule has 10 atom stereocenters. The summed E-state index contributed by atoms with van der Waals surface area (Å²) in [5.41, 5.74) is -0.0265. The molecule has 0 aromatic heterocycles. The number of anilines is 2. The molecule has 7 N–H and O–H groups in total. The maximum Gasteiger partial charge on any atom is 0.307 e. The van der Waals surface area contributed by atoms with Crippen molar-refractivity contribution >= 4 is 106 Å². The minimum atomic E-state index is -1.55. The van der Waals surface area contributed by atoms with E-state index < -0.39 is 118 Å². The van der Waals surface area contributed by atoms with Gasteiger partial charge in [-0.25, -0.2) is 8.78 Å². The maximum absolute atomic E-state index is 16.1. The third kappa shape index (κ3) is 13.0. The molecule has 4 amide bonds. The molecule has 4 aromatic carbocycles. The number of ketones is 1. The van der Waals surface area contributed by atoms with Gasteiger partial charge in [-0.2, -0.15) is 0 Å². The first-order valence-corrected chi connectivity index (χ1v) is 34.8. The van der Waals surface area contributed by atoms with Crippen LogP contribution < -0.4 is 27.0 Å². The normalized spacial score (nSPS) is 29.9. The number of fused-ring (bicyclic) bond motifs is 6. The molecule has 27 heteroatoms. The predicted octanol–water partition coefficient (Wildman–Crippen LogP) is 13.0. The minimum Gasteiger partial charge on any atom is -0.481 e. The van der Waals surface area contributed by atoms with Crippen LogP contribution in [0.25, 0.3) is 0 Å². The number of aliphatic carboxylic acids is 1. The Bertz CT molecular complexity index is 3660. The molecular formula is C71H80Cl5F6N5O11. The lowest BCUT2D eigenvalue weighted by Crippen LogP contribution is -2.61. The minimum absolute atomic E-state index is 0. The molecule has 14 rings (SSSR count). The van der Waals surface area contributed by atoms with Gasteiger partial charge in [-0.3, -0.25) is 46.3 Å². The Balaban J connectivity index is 0.000000167. The van der Waals surface area contributed by atoms with Crippen molar-refractivity contribution in [3.8, 4) is 0 Å². The zero-order chi connectivity index (χ0) is 69.0. The predicted molar refractivity (Wildman–Crippen MR) is 358 cm³/mol. The highest BCUT2D eigenvalue weighted by Gasteiger charge is 2.79. The number of ether oxygens (including phenoxy) is 4. The molecule has 4 aromatic rings. The Morgan fingerprint density at radius 1 is 0.571 bits per heavy atom. The molecule has 4 spiro atoms. The van der Waals surface area contributed by atoms with Crippen molar-refractivity contribution < 1.29 is 79.2 Å². The van der Waals surface area contributed by atoms with Gasteiger partial charge in [0.15, 0.2) is 0 Å². The molecular weight excluding hydrogens is 1390 g/mol. The first-order chi connectivity index (χ1) is 46.5. The number of hydrogen-bond acceptors (Lipinski definition) is 11. The molecule has 98 heavy (non-hydrogen) atoms. The van der Waals surface area contributed by atoms with E-state index >= 15 is 8.78 Å². The van der Waals surface area contributed by atoms with Crippen LogP contribution in [0.5, 0.6) is 0 Å². The zero-order valence-electron chi connectivity index (χ0n) is 53.7. The summed E-state index contributed by atoms with van der Waals surface area (Å²) in [6.07, 6.45) is 5.26. The van der Waals surface area contributed by atoms with Gasteiger partial charge in [0.25, 0.3) is 0 Å². The Kier molecular flexibility index (Phi) is 22.3. The van der Waals surface area contributed by atoms with Crippen molar-refractivity contribution in [2.24, 2.45) is 45.1 Å². The van der Waals surface area contributed by atoms with E-state index in [0.29, 0.717) is 65.2 Å². The maximum atomic E-state index is 16.1. The van der Waals surface area contributed by atoms with Gasteiger partial charge in [0, 0.05) is 101 Å². The Morgan fingerprint density at radius 2 is 0.990 bits per heavy atom. The topological polar surface area (TPSA) is 234 Å². The van der Waals surface area contributed by atoms with Gasteiger partial charge in [-0.05, 0) is 165 Å². The van der Waals surface area contributed by atoms with Crippen molar-refractivity contribution in [1.82, 2.24) is 10.6 Å². The van der Waals surface area contributed by atoms with Crippen molar-refractivity contribution in [1.29, 1.82) is 0 Å². The lowest BCUT2D eigenvalue weighted by molar-refractivity contribution is -0.145. The molecule has 6 aliphatic heterocycles. The van der Waals surface area contributed by atoms with Crippen LogP contribution in [0.15, 0.2) is 72.8 Å². The number of Topliss-reactive ketones (excluding diaryl/α,β-unsaturated/α-hetero) is 1. The molecule has 0 radical (unpaired) electrons. The van der Waals surface area contributed by atoms with Crippen LogP contribution in [0, 0.1) is 51.0 Å². The smallest absolute Gasteiger partial charge is 0.307 e. The summed E-state index contributed by atoms with van der Waals surface area (Å²) in [5, 5.41) is 22.3. The van der Waals surface area contributed by atoms with E-state index in [1.54, 1.807) is 48.5 Å². The highest BCUT2D eigenvalue weighted by Crippen LogP contribution is 2.79. The van der Waals surface area contributed by atoms with Crippen LogP contribution in [0.1, 0.15) is 130 Å². The molecule has 10 aliphatic rings. The van der Waals surface area contributed by atoms with Crippen LogP contribution in [0.3, 0.4) is 0 Å². The van der Waals surface area contributed by atoms with Crippen molar-refractivity contribution in [3.63, 3.8) is 0 Å². The third-order valence-electron chi connectivity index (χ3n) is 22.9. The number of nitrogens with one attached hydrogen (secondary N) is 4. The number of carboxylic acids is 1. The fourth-order valence-electron chi connectivity index (χ4n) is 18.8. The monoisotopic (exact) mass is 1470 g/mol. The SMILES string of the molecule is Cl.N[C@@H]1CC[C@@H](C(=O)NC2CCOCC2)OC1.O=C(NC1CCOCC1)[C@@H]1CC[C@@H](CC(=O)[C@@H]2CC3(CC(CF)(CF)C3)[C@@]3(C(=O)Nc4cc(Cl)ccc43)[C@H]2c2cccc(Cl)c2F)CO1.O=C(O)[C@@H]1CC2(CC(CF)(CF)C2)[C@@]2(C(=O)Nc3cc(Cl)ccc32)[C@H]1c1cccc(Cl)c1F. The standard InChI is InChI=1S/C36H39Cl2F3N2O5.C24H20Cl2F3NO3.C11H20N2O3.ClH/c37-21-5-6-25-27(13-21)43-33(46)36(25)30(23-2-1-3-26(38)31(23)41)24(14-35(36)16-34(17-35,18-39)19-40)28(44)12-20-4-7-29(48-15-20)32(45)42-22-8-10-47-11-9-22;25-12-4-5-15-17(6-12)30-21(33)24(15)18(13-2-1-3-16(26)19(13)29)14(20(31)32)7-23(24)8-22(9-23,10-27)11-28;12-8-1-2-10(16-7-8)11(14)13-9-3-5-15-6-4-9;/h1-3,5-6,13,20,22,24,29-30H,4,7-12,14-19H2,(H,42,45)(H,43,46);1-6,14,18H,7-11H2,(H,30,33)(H,31,32);8-10H,1-7,12H2,(H,13,14);1H/t20-,24-,29-,30-,36+;14-,18+,24-;8-,10+;/m011./s1. The summed E-state index contributed by atoms with van der Waals surface area (Å²) in [4.78, 5) is 80.0. The van der Waals surface area contributed by atoms with Crippen molar-refractivity contribution in [2.45, 2.75) is 149 Å². The number of benzene rings is 4. The summed E-state index contributed by atoms with van der Waals surface area (Å²) in [6, 6.07) is 18.9. The van der Waals surface area contributed by atoms with E-state index in [9.17, 15) is 51.4 Å². The van der Waals surface area contributed by atoms with Crippen molar-refractivity contribution in [2.75, 3.05) is 77.0 Å². The summed E-state index contributed by atoms with van der Waals surface area (Å²) >= 11 is 24.8. The molecule has 4 saturated carbocycles. The average Bonchev–Trinajstić information content (AvgIpc) is 1.48. The number of carbonyl (C=O) groups excluding carboxylic acids is 5. The molecule has 4 aliphatic carbocycles. The lowest BCUT2D eigenvalue weighted by atomic mass is 9.43. The van der Waals surface area contributed by atoms with E-state index in [-0.39, 0.29) is 133 Å². The Hall–Kier alpha value is -5.27. The van der Waals surface area contributed by atoms with Gasteiger partial charge in [0.2, 0.25) is 23.6 Å². The second-order valence-corrected chi connectivity index (χ2v) is 30.5. The zero-order valence-corrected chi connectivity index (χ0v) is 57.5. The molecule has 16 nitrogen and oxygen atoms in total. The van der Waals surface area contributed by atoms with Crippen LogP contribution in [0.4, 0.5) is 37.7 Å². The van der Waals surface area contributed by atoms with Crippen LogP contribution in [0.2, 0.25) is 20.1 Å². The fourth-order valence-corrected chi connectivity index (χ4v) is 19.5. The summed E-state index contributed by atoms with van der Waals surface area (Å²) in [7, 11) is 0. The van der Waals surface area contributed by atoms with Gasteiger partial charge in [-0.1, -0.05) is 82.8 Å². The number of carboxylic acid groups (broad SMARTS) is 1. The van der Waals surface area contributed by atoms with E-state index in [4.69, 9.17) is 71.1 Å². The number of hydrogen-bond donors (Lipinski definition) is 6. The summed E-state index contributed by atoms with van der Waals surface area (Å²) in [6.45, 7) is -0.293. The first-order valence-electron chi connectivity index (χ1n) is 33.3. The van der Waals surface area contributed by atoms with Crippen molar-refractivity contribution in [3.05, 3.63) is 127 Å². The molecule has 4 saturated heterocycles. The highest BCUT2D eigenvalue weighted by atomic mass is 35.5. The molecule has 6 heterocycles. The second kappa shape index (κ2) is 29.6. The Morgan fingerprint density at radius 3 is 1.39 bits per heavy atom. The van der Waals surface area contributed by atoms with Gasteiger partial charge in [0.05, 0.1) is 66.7 Å². The lowest BCUT2D eigenvalue weighted by Gasteiger charge is -2.59. The Labute approximate surface area is 590 Å². The molecule has 0 unspecified atom stereocenters. The third-order valence-corrected chi connectivity index (χ3v) is 24.0. The van der Waals surface area contributed by atoms with Gasteiger partial charge in [-0.15, -0.1) is 12.4 Å².